The van der Waals surface area contributed by atoms with E-state index in [9.17, 15) is 10.3 Å². The zero-order valence-electron chi connectivity index (χ0n) is 12.9. The molecule has 0 saturated heterocycles. The van der Waals surface area contributed by atoms with Gasteiger partial charge in [-0.25, -0.2) is 0 Å². The van der Waals surface area contributed by atoms with E-state index >= 15 is 0 Å². The number of carbonyl (C=O) groups is 1. The molecule has 0 fully saturated rings. The maximum absolute atomic E-state index is 12.9. The van der Waals surface area contributed by atoms with Gasteiger partial charge in [0.25, 0.3) is 5.78 Å². The fourth-order valence-electron chi connectivity index (χ4n) is 2.46. The molecular weight excluding hydrogens is 315 g/mol. The molecule has 3 nitrogen and oxygen atoms in total. The van der Waals surface area contributed by atoms with Crippen LogP contribution in [0.25, 0.3) is 5.53 Å². The molecule has 116 valence electrons. The molecule has 0 aliphatic carbocycles. The molecule has 0 bridgehead atoms. The highest BCUT2D eigenvalue weighted by molar-refractivity contribution is 7.90. The Bertz CT molecular complexity index is 834. The van der Waals surface area contributed by atoms with Gasteiger partial charge in [-0.3, -0.25) is 4.79 Å². The number of hydrogen-bond acceptors (Lipinski definition) is 1. The summed E-state index contributed by atoms with van der Waals surface area (Å²) in [7, 11) is -1.23. The van der Waals surface area contributed by atoms with Crippen molar-refractivity contribution >= 4 is 29.8 Å². The third kappa shape index (κ3) is 3.38. The van der Waals surface area contributed by atoms with Gasteiger partial charge in [-0.1, -0.05) is 91.0 Å². The number of rotatable bonds is 5. The van der Waals surface area contributed by atoms with Gasteiger partial charge < -0.3 is 5.53 Å². The Kier molecular flexibility index (Phi) is 5.08. The summed E-state index contributed by atoms with van der Waals surface area (Å²) in [6.07, 6.45) is 0. The Balaban J connectivity index is 2.11. The van der Waals surface area contributed by atoms with Crippen LogP contribution >= 0.6 is 7.92 Å². The lowest BCUT2D eigenvalue weighted by atomic mass is 10.1. The van der Waals surface area contributed by atoms with Crippen LogP contribution in [-0.2, 0) is 0 Å². The lowest BCUT2D eigenvalue weighted by Crippen LogP contribution is -2.25. The van der Waals surface area contributed by atoms with Crippen molar-refractivity contribution < 1.29 is 9.58 Å². The summed E-state index contributed by atoms with van der Waals surface area (Å²) in [6.45, 7) is 0. The first kappa shape index (κ1) is 16.0. The highest BCUT2D eigenvalue weighted by Crippen LogP contribution is 2.35. The minimum atomic E-state index is -1.23. The second-order valence-electron chi connectivity index (χ2n) is 5.13. The van der Waals surface area contributed by atoms with Crippen LogP contribution in [0.15, 0.2) is 91.0 Å². The highest BCUT2D eigenvalue weighted by atomic mass is 31.1. The molecule has 0 N–H and O–H groups in total. The fraction of sp³-hybridized carbons (Fsp3) is 0. The largest absolute Gasteiger partial charge is 0.366 e. The standard InChI is InChI=1S/C20H15N2OP/c21-22-20(19(23)16-10-4-1-5-11-16)24(17-12-6-2-7-13-17)18-14-8-3-9-15-18/h1-15H. The SMILES string of the molecule is [N-]=[N+]=C(C(=O)c1ccccc1)P(c1ccccc1)c1ccccc1. The third-order valence-electron chi connectivity index (χ3n) is 3.57. The topological polar surface area (TPSA) is 53.5 Å². The fourth-order valence-corrected chi connectivity index (χ4v) is 4.61. The van der Waals surface area contributed by atoms with Gasteiger partial charge in [0.15, 0.2) is 0 Å². The summed E-state index contributed by atoms with van der Waals surface area (Å²) >= 11 is 0. The highest BCUT2D eigenvalue weighted by Gasteiger charge is 2.34. The average Bonchev–Trinajstić information content (AvgIpc) is 2.67. The molecule has 0 aliphatic rings. The Labute approximate surface area is 142 Å². The van der Waals surface area contributed by atoms with Gasteiger partial charge in [0.05, 0.1) is 7.92 Å². The lowest BCUT2D eigenvalue weighted by molar-refractivity contribution is -0.00108. The monoisotopic (exact) mass is 330 g/mol. The van der Waals surface area contributed by atoms with Gasteiger partial charge in [-0.2, -0.15) is 4.79 Å². The van der Waals surface area contributed by atoms with E-state index < -0.39 is 7.92 Å². The molecule has 0 aromatic heterocycles. The van der Waals surface area contributed by atoms with Crippen molar-refractivity contribution in [1.82, 2.24) is 0 Å². The molecule has 0 unspecified atom stereocenters. The summed E-state index contributed by atoms with van der Waals surface area (Å²) in [4.78, 5) is 16.3. The van der Waals surface area contributed by atoms with Gasteiger partial charge in [-0.15, -0.1) is 0 Å². The molecule has 0 spiro atoms. The van der Waals surface area contributed by atoms with Crippen LogP contribution < -0.4 is 10.6 Å². The molecule has 0 heterocycles. The molecule has 0 radical (unpaired) electrons. The molecular formula is C20H15N2OP. The molecule has 0 aliphatic heterocycles. The molecule has 3 aromatic carbocycles. The molecule has 0 saturated carbocycles. The predicted octanol–water partition coefficient (Wildman–Crippen LogP) is 3.63. The first-order chi connectivity index (χ1) is 11.8. The summed E-state index contributed by atoms with van der Waals surface area (Å²) in [6, 6.07) is 28.3. The zero-order chi connectivity index (χ0) is 16.8. The first-order valence-corrected chi connectivity index (χ1v) is 8.87. The summed E-state index contributed by atoms with van der Waals surface area (Å²) < 4.78 is 0. The van der Waals surface area contributed by atoms with Crippen molar-refractivity contribution in [1.29, 1.82) is 0 Å². The second-order valence-corrected chi connectivity index (χ2v) is 7.25. The van der Waals surface area contributed by atoms with Crippen LogP contribution in [0.1, 0.15) is 10.4 Å². The van der Waals surface area contributed by atoms with E-state index in [2.05, 4.69) is 4.79 Å². The quantitative estimate of drug-likeness (QED) is 0.232. The first-order valence-electron chi connectivity index (χ1n) is 7.53. The number of benzene rings is 3. The van der Waals surface area contributed by atoms with E-state index in [1.165, 1.54) is 0 Å². The molecule has 24 heavy (non-hydrogen) atoms. The summed E-state index contributed by atoms with van der Waals surface area (Å²) in [5, 5.41) is 1.94. The number of hydrogen-bond donors (Lipinski definition) is 0. The van der Waals surface area contributed by atoms with Crippen LogP contribution in [0.3, 0.4) is 0 Å². The van der Waals surface area contributed by atoms with Crippen LogP contribution in [0.4, 0.5) is 0 Å². The van der Waals surface area contributed by atoms with Gasteiger partial charge >= 0.3 is 5.45 Å². The normalized spacial score (nSPS) is 10.2. The Morgan fingerprint density at radius 1 is 0.708 bits per heavy atom. The average molecular weight is 330 g/mol. The molecule has 0 amide bonds. The molecule has 3 rings (SSSR count). The maximum atomic E-state index is 12.9. The number of nitrogens with zero attached hydrogens (tertiary/aromatic N) is 2. The van der Waals surface area contributed by atoms with E-state index in [4.69, 9.17) is 0 Å². The smallest absolute Gasteiger partial charge is 0.361 e. The maximum Gasteiger partial charge on any atom is 0.366 e. The number of Topliss-reactive ketones (excluding diaryl/α,β-unsaturated/α-hetero) is 1. The van der Waals surface area contributed by atoms with Crippen molar-refractivity contribution in [2.75, 3.05) is 0 Å². The van der Waals surface area contributed by atoms with Crippen molar-refractivity contribution in [3.8, 4) is 0 Å². The van der Waals surface area contributed by atoms with Crippen LogP contribution in [-0.4, -0.2) is 16.0 Å². The predicted molar refractivity (Wildman–Crippen MR) is 98.5 cm³/mol. The van der Waals surface area contributed by atoms with Crippen molar-refractivity contribution in [3.05, 3.63) is 102 Å². The molecule has 0 atom stereocenters. The molecule has 3 aromatic rings. The lowest BCUT2D eigenvalue weighted by Gasteiger charge is -2.13. The number of ketones is 1. The Hall–Kier alpha value is -2.86. The summed E-state index contributed by atoms with van der Waals surface area (Å²) in [5.41, 5.74) is 10.3. The van der Waals surface area contributed by atoms with Gasteiger partial charge in [0.2, 0.25) is 0 Å². The van der Waals surface area contributed by atoms with Crippen LogP contribution in [0.2, 0.25) is 0 Å². The van der Waals surface area contributed by atoms with Gasteiger partial charge in [-0.05, 0) is 10.6 Å². The Morgan fingerprint density at radius 3 is 1.54 bits per heavy atom. The van der Waals surface area contributed by atoms with Gasteiger partial charge in [0, 0.05) is 5.56 Å². The zero-order valence-corrected chi connectivity index (χ0v) is 13.8. The van der Waals surface area contributed by atoms with E-state index in [0.717, 1.165) is 10.6 Å². The van der Waals surface area contributed by atoms with Crippen molar-refractivity contribution in [2.24, 2.45) is 0 Å². The van der Waals surface area contributed by atoms with E-state index in [1.807, 2.05) is 66.7 Å². The second kappa shape index (κ2) is 7.61. The van der Waals surface area contributed by atoms with E-state index in [1.54, 1.807) is 24.3 Å². The minimum Gasteiger partial charge on any atom is -0.361 e. The Morgan fingerprint density at radius 2 is 1.12 bits per heavy atom. The van der Waals surface area contributed by atoms with E-state index in [-0.39, 0.29) is 11.2 Å². The van der Waals surface area contributed by atoms with Crippen LogP contribution in [0, 0.1) is 0 Å². The third-order valence-corrected chi connectivity index (χ3v) is 5.92. The van der Waals surface area contributed by atoms with Crippen LogP contribution in [0.5, 0.6) is 0 Å². The van der Waals surface area contributed by atoms with Gasteiger partial charge in [0.1, 0.15) is 0 Å². The van der Waals surface area contributed by atoms with E-state index in [0.29, 0.717) is 5.56 Å². The minimum absolute atomic E-state index is 0.175. The van der Waals surface area contributed by atoms with Crippen molar-refractivity contribution in [2.45, 2.75) is 0 Å². The molecule has 4 heteroatoms. The number of carbonyl (C=O) groups excluding carboxylic acids is 1. The summed E-state index contributed by atoms with van der Waals surface area (Å²) in [5.74, 6) is -0.253. The van der Waals surface area contributed by atoms with Crippen molar-refractivity contribution in [3.63, 3.8) is 0 Å².